The fraction of sp³-hybridized carbons (Fsp3) is 0.409. The molecule has 0 spiro atoms. The number of carbonyl (C=O) groups excluding carboxylic acids is 1. The van der Waals surface area contributed by atoms with Crippen LogP contribution in [0, 0.1) is 0 Å². The Balaban J connectivity index is 1.48. The second-order valence-corrected chi connectivity index (χ2v) is 7.55. The quantitative estimate of drug-likeness (QED) is 0.620. The molecule has 8 heteroatoms. The first-order valence-corrected chi connectivity index (χ1v) is 10.3. The van der Waals surface area contributed by atoms with Crippen LogP contribution in [0.2, 0.25) is 0 Å². The lowest BCUT2D eigenvalue weighted by molar-refractivity contribution is -0.133. The third-order valence-corrected chi connectivity index (χ3v) is 5.49. The highest BCUT2D eigenvalue weighted by molar-refractivity contribution is 5.76. The Bertz CT molecular complexity index is 1080. The Morgan fingerprint density at radius 3 is 2.53 bits per heavy atom. The van der Waals surface area contributed by atoms with Gasteiger partial charge in [0.2, 0.25) is 5.91 Å². The standard InChI is InChI=1S/C22H27N5O3/c1-3-30-18-6-4-17(5-7-18)19-16-20-22(29)26(14-15-27(20)23-19)9-8-21(28)25-12-10-24(2)11-13-25/h4-7,14-16H,3,8-13H2,1-2H3. The highest BCUT2D eigenvalue weighted by atomic mass is 16.5. The zero-order valence-corrected chi connectivity index (χ0v) is 17.5. The van der Waals surface area contributed by atoms with Crippen molar-refractivity contribution in [1.82, 2.24) is 24.0 Å². The number of benzene rings is 1. The third kappa shape index (κ3) is 4.23. The predicted octanol–water partition coefficient (Wildman–Crippen LogP) is 1.73. The van der Waals surface area contributed by atoms with Crippen LogP contribution in [-0.2, 0) is 11.3 Å². The summed E-state index contributed by atoms with van der Waals surface area (Å²) < 4.78 is 8.65. The average Bonchev–Trinajstić information content (AvgIpc) is 3.20. The summed E-state index contributed by atoms with van der Waals surface area (Å²) in [6.45, 7) is 6.20. The molecule has 3 aromatic rings. The molecule has 0 aliphatic carbocycles. The highest BCUT2D eigenvalue weighted by Crippen LogP contribution is 2.22. The van der Waals surface area contributed by atoms with Crippen LogP contribution in [0.15, 0.2) is 47.5 Å². The molecule has 0 bridgehead atoms. The second-order valence-electron chi connectivity index (χ2n) is 7.55. The molecule has 8 nitrogen and oxygen atoms in total. The fourth-order valence-electron chi connectivity index (χ4n) is 3.66. The SMILES string of the molecule is CCOc1ccc(-c2cc3c(=O)n(CCC(=O)N4CCN(C)CC4)ccn3n2)cc1. The van der Waals surface area contributed by atoms with E-state index in [1.807, 2.05) is 36.1 Å². The van der Waals surface area contributed by atoms with Gasteiger partial charge in [-0.3, -0.25) is 9.59 Å². The summed E-state index contributed by atoms with van der Waals surface area (Å²) >= 11 is 0. The van der Waals surface area contributed by atoms with Gasteiger partial charge in [-0.15, -0.1) is 0 Å². The van der Waals surface area contributed by atoms with Crippen molar-refractivity contribution in [3.63, 3.8) is 0 Å². The smallest absolute Gasteiger partial charge is 0.276 e. The van der Waals surface area contributed by atoms with E-state index in [0.29, 0.717) is 25.1 Å². The number of piperazine rings is 1. The number of carbonyl (C=O) groups is 1. The van der Waals surface area contributed by atoms with Crippen LogP contribution in [0.4, 0.5) is 0 Å². The van der Waals surface area contributed by atoms with Gasteiger partial charge in [-0.2, -0.15) is 5.10 Å². The molecule has 158 valence electrons. The van der Waals surface area contributed by atoms with Crippen molar-refractivity contribution in [2.24, 2.45) is 0 Å². The van der Waals surface area contributed by atoms with Crippen molar-refractivity contribution in [2.75, 3.05) is 39.8 Å². The van der Waals surface area contributed by atoms with Crippen LogP contribution >= 0.6 is 0 Å². The van der Waals surface area contributed by atoms with Crippen molar-refractivity contribution in [3.05, 3.63) is 53.1 Å². The molecule has 3 heterocycles. The van der Waals surface area contributed by atoms with Crippen molar-refractivity contribution < 1.29 is 9.53 Å². The topological polar surface area (TPSA) is 72.1 Å². The third-order valence-electron chi connectivity index (χ3n) is 5.49. The maximum atomic E-state index is 12.9. The lowest BCUT2D eigenvalue weighted by atomic mass is 10.1. The maximum absolute atomic E-state index is 12.9. The molecule has 1 fully saturated rings. The summed E-state index contributed by atoms with van der Waals surface area (Å²) in [5.74, 6) is 0.899. The Hall–Kier alpha value is -3.13. The van der Waals surface area contributed by atoms with Gasteiger partial charge in [0.25, 0.3) is 5.56 Å². The van der Waals surface area contributed by atoms with Crippen molar-refractivity contribution in [1.29, 1.82) is 0 Å². The summed E-state index contributed by atoms with van der Waals surface area (Å²) in [6.07, 6.45) is 3.77. The molecule has 0 saturated carbocycles. The molecule has 30 heavy (non-hydrogen) atoms. The molecule has 1 aliphatic rings. The van der Waals surface area contributed by atoms with Crippen LogP contribution in [0.25, 0.3) is 16.8 Å². The second kappa shape index (κ2) is 8.71. The fourth-order valence-corrected chi connectivity index (χ4v) is 3.66. The van der Waals surface area contributed by atoms with Gasteiger partial charge >= 0.3 is 0 Å². The van der Waals surface area contributed by atoms with E-state index in [9.17, 15) is 9.59 Å². The molecule has 1 aromatic carbocycles. The molecule has 4 rings (SSSR count). The van der Waals surface area contributed by atoms with Gasteiger partial charge in [0, 0.05) is 57.1 Å². The Morgan fingerprint density at radius 2 is 1.83 bits per heavy atom. The van der Waals surface area contributed by atoms with Gasteiger partial charge in [0.15, 0.2) is 0 Å². The number of hydrogen-bond acceptors (Lipinski definition) is 5. The minimum Gasteiger partial charge on any atom is -0.494 e. The number of hydrogen-bond donors (Lipinski definition) is 0. The minimum atomic E-state index is -0.145. The lowest BCUT2D eigenvalue weighted by Gasteiger charge is -2.32. The maximum Gasteiger partial charge on any atom is 0.276 e. The van der Waals surface area contributed by atoms with Gasteiger partial charge in [-0.25, -0.2) is 4.52 Å². The highest BCUT2D eigenvalue weighted by Gasteiger charge is 2.19. The van der Waals surface area contributed by atoms with Gasteiger partial charge in [0.05, 0.1) is 12.3 Å². The Morgan fingerprint density at radius 1 is 1.10 bits per heavy atom. The van der Waals surface area contributed by atoms with E-state index in [1.165, 1.54) is 0 Å². The largest absolute Gasteiger partial charge is 0.494 e. The number of aromatic nitrogens is 3. The van der Waals surface area contributed by atoms with Crippen LogP contribution in [0.3, 0.4) is 0 Å². The van der Waals surface area contributed by atoms with Crippen molar-refractivity contribution >= 4 is 11.4 Å². The first-order chi connectivity index (χ1) is 14.5. The number of likely N-dealkylation sites (N-methyl/N-ethyl adjacent to an activating group) is 1. The normalized spacial score (nSPS) is 14.9. The molecule has 0 unspecified atom stereocenters. The lowest BCUT2D eigenvalue weighted by Crippen LogP contribution is -2.47. The van der Waals surface area contributed by atoms with Crippen molar-refractivity contribution in [3.8, 4) is 17.0 Å². The molecular formula is C22H27N5O3. The average molecular weight is 409 g/mol. The van der Waals surface area contributed by atoms with Crippen LogP contribution in [-0.4, -0.2) is 69.7 Å². The predicted molar refractivity (Wildman–Crippen MR) is 115 cm³/mol. The number of rotatable bonds is 6. The van der Waals surface area contributed by atoms with E-state index < -0.39 is 0 Å². The molecular weight excluding hydrogens is 382 g/mol. The molecule has 0 N–H and O–H groups in total. The number of nitrogens with zero attached hydrogens (tertiary/aromatic N) is 5. The van der Waals surface area contributed by atoms with E-state index in [-0.39, 0.29) is 11.5 Å². The number of amides is 1. The van der Waals surface area contributed by atoms with Gasteiger partial charge < -0.3 is 19.1 Å². The number of ether oxygens (including phenoxy) is 1. The number of fused-ring (bicyclic) bond motifs is 1. The molecule has 0 atom stereocenters. The molecule has 1 amide bonds. The summed E-state index contributed by atoms with van der Waals surface area (Å²) in [5.41, 5.74) is 1.99. The zero-order valence-electron chi connectivity index (χ0n) is 17.5. The summed E-state index contributed by atoms with van der Waals surface area (Å²) in [5, 5.41) is 4.52. The molecule has 1 aliphatic heterocycles. The van der Waals surface area contributed by atoms with Gasteiger partial charge in [-0.1, -0.05) is 0 Å². The Labute approximate surface area is 175 Å². The van der Waals surface area contributed by atoms with Crippen LogP contribution in [0.1, 0.15) is 13.3 Å². The van der Waals surface area contributed by atoms with E-state index in [0.717, 1.165) is 43.2 Å². The summed E-state index contributed by atoms with van der Waals surface area (Å²) in [6, 6.07) is 9.44. The van der Waals surface area contributed by atoms with Crippen LogP contribution in [0.5, 0.6) is 5.75 Å². The van der Waals surface area contributed by atoms with Crippen molar-refractivity contribution in [2.45, 2.75) is 19.9 Å². The molecule has 2 aromatic heterocycles. The summed E-state index contributed by atoms with van der Waals surface area (Å²) in [4.78, 5) is 29.5. The summed E-state index contributed by atoms with van der Waals surface area (Å²) in [7, 11) is 2.06. The Kier molecular flexibility index (Phi) is 5.85. The van der Waals surface area contributed by atoms with Crippen LogP contribution < -0.4 is 10.3 Å². The van der Waals surface area contributed by atoms with E-state index >= 15 is 0 Å². The minimum absolute atomic E-state index is 0.0958. The zero-order chi connectivity index (χ0) is 21.1. The van der Waals surface area contributed by atoms with E-state index in [2.05, 4.69) is 17.0 Å². The first kappa shape index (κ1) is 20.2. The molecule has 1 saturated heterocycles. The number of aryl methyl sites for hydroxylation is 1. The van der Waals surface area contributed by atoms with Gasteiger partial charge in [-0.05, 0) is 44.3 Å². The molecule has 0 radical (unpaired) electrons. The van der Waals surface area contributed by atoms with E-state index in [1.54, 1.807) is 27.5 Å². The van der Waals surface area contributed by atoms with Gasteiger partial charge in [0.1, 0.15) is 11.3 Å². The monoisotopic (exact) mass is 409 g/mol. The van der Waals surface area contributed by atoms with E-state index in [4.69, 9.17) is 4.74 Å². The first-order valence-electron chi connectivity index (χ1n) is 10.3.